The topological polar surface area (TPSA) is 36.4 Å². The average molecular weight is 470 g/mol. The first-order chi connectivity index (χ1) is 9.73. The minimum atomic E-state index is -4.19. The molecule has 1 rings (SSSR count). The highest BCUT2D eigenvalue weighted by atomic mass is 127. The zero-order valence-corrected chi connectivity index (χ0v) is 15.8. The number of nitrogens with zero attached hydrogens (tertiary/aromatic N) is 1. The van der Waals surface area contributed by atoms with E-state index in [0.717, 1.165) is 5.56 Å². The van der Waals surface area contributed by atoms with Gasteiger partial charge in [0, 0.05) is 13.6 Å². The van der Waals surface area contributed by atoms with Crippen molar-refractivity contribution in [1.29, 1.82) is 0 Å². The summed E-state index contributed by atoms with van der Waals surface area (Å²) >= 11 is 11.8. The molecule has 22 heavy (non-hydrogen) atoms. The van der Waals surface area contributed by atoms with Crippen LogP contribution >= 0.6 is 47.2 Å². The maximum Gasteiger partial charge on any atom is 0.390 e. The fourth-order valence-corrected chi connectivity index (χ4v) is 1.89. The lowest BCUT2D eigenvalue weighted by molar-refractivity contribution is -0.132. The molecule has 0 fully saturated rings. The molecule has 0 radical (unpaired) electrons. The molecule has 0 aliphatic rings. The quantitative estimate of drug-likeness (QED) is 0.378. The van der Waals surface area contributed by atoms with E-state index in [0.29, 0.717) is 10.0 Å². The predicted molar refractivity (Wildman–Crippen MR) is 95.5 cm³/mol. The molecule has 0 amide bonds. The molecule has 1 atom stereocenters. The van der Waals surface area contributed by atoms with Crippen molar-refractivity contribution in [3.8, 4) is 0 Å². The van der Waals surface area contributed by atoms with Crippen LogP contribution in [0.5, 0.6) is 0 Å². The summed E-state index contributed by atoms with van der Waals surface area (Å²) in [5.41, 5.74) is 0.850. The second-order valence-electron chi connectivity index (χ2n) is 4.40. The third-order valence-electron chi connectivity index (χ3n) is 2.72. The van der Waals surface area contributed by atoms with E-state index in [1.54, 1.807) is 18.2 Å². The Balaban J connectivity index is 0.00000441. The van der Waals surface area contributed by atoms with E-state index in [1.165, 1.54) is 7.05 Å². The zero-order chi connectivity index (χ0) is 16.0. The number of rotatable bonds is 4. The minimum Gasteiger partial charge on any atom is -0.356 e. The summed E-state index contributed by atoms with van der Waals surface area (Å²) in [6, 6.07) is 4.97. The van der Waals surface area contributed by atoms with E-state index in [-0.39, 0.29) is 42.5 Å². The Morgan fingerprint density at radius 3 is 2.41 bits per heavy atom. The minimum absolute atomic E-state index is 0. The lowest BCUT2D eigenvalue weighted by atomic mass is 10.1. The van der Waals surface area contributed by atoms with Gasteiger partial charge >= 0.3 is 6.18 Å². The fourth-order valence-electron chi connectivity index (χ4n) is 1.59. The SMILES string of the molecule is CN=C(NCCC(F)(F)F)NC(C)c1ccc(Cl)c(Cl)c1.I. The molecule has 9 heteroatoms. The van der Waals surface area contributed by atoms with Crippen molar-refractivity contribution in [3.05, 3.63) is 33.8 Å². The monoisotopic (exact) mass is 469 g/mol. The molecular formula is C13H17Cl2F3IN3. The maximum absolute atomic E-state index is 12.1. The van der Waals surface area contributed by atoms with Crippen LogP contribution in [-0.2, 0) is 0 Å². The van der Waals surface area contributed by atoms with Gasteiger partial charge in [-0.15, -0.1) is 24.0 Å². The van der Waals surface area contributed by atoms with Gasteiger partial charge in [0.25, 0.3) is 0 Å². The van der Waals surface area contributed by atoms with Crippen molar-refractivity contribution >= 4 is 53.1 Å². The highest BCUT2D eigenvalue weighted by molar-refractivity contribution is 14.0. The predicted octanol–water partition coefficient (Wildman–Crippen LogP) is 4.79. The Bertz CT molecular complexity index is 510. The normalized spacial score (nSPS) is 13.3. The zero-order valence-electron chi connectivity index (χ0n) is 12.0. The summed E-state index contributed by atoms with van der Waals surface area (Å²) in [6.07, 6.45) is -5.12. The molecule has 2 N–H and O–H groups in total. The van der Waals surface area contributed by atoms with Gasteiger partial charge in [0.1, 0.15) is 0 Å². The molecule has 0 bridgehead atoms. The Hall–Kier alpha value is -0.410. The van der Waals surface area contributed by atoms with E-state index in [1.807, 2.05) is 6.92 Å². The highest BCUT2D eigenvalue weighted by Gasteiger charge is 2.26. The maximum atomic E-state index is 12.1. The molecule has 1 aromatic carbocycles. The Morgan fingerprint density at radius 1 is 1.27 bits per heavy atom. The summed E-state index contributed by atoms with van der Waals surface area (Å²) in [6.45, 7) is 1.60. The second-order valence-corrected chi connectivity index (χ2v) is 5.22. The van der Waals surface area contributed by atoms with Gasteiger partial charge in [-0.1, -0.05) is 29.3 Å². The van der Waals surface area contributed by atoms with E-state index < -0.39 is 12.6 Å². The molecule has 1 unspecified atom stereocenters. The molecule has 0 aromatic heterocycles. The van der Waals surface area contributed by atoms with Crippen LogP contribution < -0.4 is 10.6 Å². The Morgan fingerprint density at radius 2 is 1.91 bits per heavy atom. The van der Waals surface area contributed by atoms with E-state index in [4.69, 9.17) is 23.2 Å². The number of alkyl halides is 3. The molecule has 0 saturated carbocycles. The molecule has 0 heterocycles. The van der Waals surface area contributed by atoms with Gasteiger partial charge in [0.05, 0.1) is 22.5 Å². The van der Waals surface area contributed by atoms with Crippen LogP contribution in [0.2, 0.25) is 10.0 Å². The average Bonchev–Trinajstić information content (AvgIpc) is 2.39. The standard InChI is InChI=1S/C13H16Cl2F3N3.HI/c1-8(9-3-4-10(14)11(15)7-9)21-12(19-2)20-6-5-13(16,17)18;/h3-4,7-8H,5-6H2,1-2H3,(H2,19,20,21);1H. The van der Waals surface area contributed by atoms with Crippen LogP contribution in [-0.4, -0.2) is 25.7 Å². The first kappa shape index (κ1) is 21.6. The van der Waals surface area contributed by atoms with Gasteiger partial charge in [0.15, 0.2) is 5.96 Å². The van der Waals surface area contributed by atoms with Crippen molar-refractivity contribution < 1.29 is 13.2 Å². The van der Waals surface area contributed by atoms with Crippen molar-refractivity contribution in [1.82, 2.24) is 10.6 Å². The van der Waals surface area contributed by atoms with Crippen molar-refractivity contribution in [2.45, 2.75) is 25.6 Å². The van der Waals surface area contributed by atoms with Gasteiger partial charge in [-0.2, -0.15) is 13.2 Å². The summed E-state index contributed by atoms with van der Waals surface area (Å²) in [5.74, 6) is 0.290. The first-order valence-corrected chi connectivity index (χ1v) is 6.97. The van der Waals surface area contributed by atoms with Crippen molar-refractivity contribution in [2.75, 3.05) is 13.6 Å². The third kappa shape index (κ3) is 7.73. The van der Waals surface area contributed by atoms with Crippen LogP contribution in [0.1, 0.15) is 24.9 Å². The largest absolute Gasteiger partial charge is 0.390 e. The Kier molecular flexibility index (Phi) is 9.49. The molecule has 0 aliphatic heterocycles. The fraction of sp³-hybridized carbons (Fsp3) is 0.462. The molecule has 0 aliphatic carbocycles. The van der Waals surface area contributed by atoms with Crippen molar-refractivity contribution in [3.63, 3.8) is 0 Å². The molecule has 0 spiro atoms. The van der Waals surface area contributed by atoms with Gasteiger partial charge in [-0.3, -0.25) is 4.99 Å². The number of benzene rings is 1. The lowest BCUT2D eigenvalue weighted by Crippen LogP contribution is -2.40. The molecule has 126 valence electrons. The molecule has 1 aromatic rings. The summed E-state index contributed by atoms with van der Waals surface area (Å²) < 4.78 is 36.3. The Labute approximate surface area is 154 Å². The smallest absolute Gasteiger partial charge is 0.356 e. The van der Waals surface area contributed by atoms with Crippen LogP contribution in [0.25, 0.3) is 0 Å². The van der Waals surface area contributed by atoms with Crippen LogP contribution in [0.4, 0.5) is 13.2 Å². The number of guanidine groups is 1. The van der Waals surface area contributed by atoms with E-state index in [9.17, 15) is 13.2 Å². The molecule has 0 saturated heterocycles. The van der Waals surface area contributed by atoms with Gasteiger partial charge in [-0.25, -0.2) is 0 Å². The van der Waals surface area contributed by atoms with Crippen LogP contribution in [0, 0.1) is 0 Å². The second kappa shape index (κ2) is 9.67. The summed E-state index contributed by atoms with van der Waals surface area (Å²) in [5, 5.41) is 6.46. The number of nitrogens with one attached hydrogen (secondary N) is 2. The van der Waals surface area contributed by atoms with Gasteiger partial charge in [0.2, 0.25) is 0 Å². The van der Waals surface area contributed by atoms with Crippen LogP contribution in [0.3, 0.4) is 0 Å². The first-order valence-electron chi connectivity index (χ1n) is 6.22. The molecule has 3 nitrogen and oxygen atoms in total. The van der Waals surface area contributed by atoms with Gasteiger partial charge in [-0.05, 0) is 24.6 Å². The van der Waals surface area contributed by atoms with Crippen molar-refractivity contribution in [2.24, 2.45) is 4.99 Å². The summed E-state index contributed by atoms with van der Waals surface area (Å²) in [4.78, 5) is 3.88. The number of halogens is 6. The number of aliphatic imine (C=N–C) groups is 1. The van der Waals surface area contributed by atoms with E-state index in [2.05, 4.69) is 15.6 Å². The van der Waals surface area contributed by atoms with E-state index >= 15 is 0 Å². The lowest BCUT2D eigenvalue weighted by Gasteiger charge is -2.19. The molecular weight excluding hydrogens is 453 g/mol. The number of hydrogen-bond donors (Lipinski definition) is 2. The summed E-state index contributed by atoms with van der Waals surface area (Å²) in [7, 11) is 1.49. The third-order valence-corrected chi connectivity index (χ3v) is 3.46. The van der Waals surface area contributed by atoms with Crippen LogP contribution in [0.15, 0.2) is 23.2 Å². The highest BCUT2D eigenvalue weighted by Crippen LogP contribution is 2.25. The number of hydrogen-bond acceptors (Lipinski definition) is 1. The van der Waals surface area contributed by atoms with Gasteiger partial charge < -0.3 is 10.6 Å².